The molecule has 1 heteroatoms. The van der Waals surface area contributed by atoms with Crippen molar-refractivity contribution in [2.24, 2.45) is 11.3 Å². The summed E-state index contributed by atoms with van der Waals surface area (Å²) in [5.74, 6) is 0.814. The van der Waals surface area contributed by atoms with E-state index in [9.17, 15) is 0 Å². The highest BCUT2D eigenvalue weighted by Crippen LogP contribution is 2.29. The lowest BCUT2D eigenvalue weighted by molar-refractivity contribution is 0.207. The van der Waals surface area contributed by atoms with E-state index in [0.717, 1.165) is 25.2 Å². The van der Waals surface area contributed by atoms with Crippen molar-refractivity contribution in [1.82, 2.24) is 4.90 Å². The molecule has 3 rings (SSSR count). The molecule has 1 saturated heterocycles. The van der Waals surface area contributed by atoms with E-state index in [1.807, 2.05) is 0 Å². The monoisotopic (exact) mass is 375 g/mol. The van der Waals surface area contributed by atoms with Gasteiger partial charge in [-0.3, -0.25) is 0 Å². The Morgan fingerprint density at radius 1 is 0.857 bits per heavy atom. The van der Waals surface area contributed by atoms with Crippen LogP contribution in [0.2, 0.25) is 0 Å². The van der Waals surface area contributed by atoms with Gasteiger partial charge in [0.1, 0.15) is 0 Å². The zero-order valence-corrected chi connectivity index (χ0v) is 18.1. The van der Waals surface area contributed by atoms with Gasteiger partial charge in [-0.1, -0.05) is 81.9 Å². The molecule has 0 radical (unpaired) electrons. The van der Waals surface area contributed by atoms with Crippen LogP contribution in [-0.2, 0) is 19.3 Å². The molecule has 0 aromatic heterocycles. The van der Waals surface area contributed by atoms with Crippen LogP contribution in [-0.4, -0.2) is 18.0 Å². The fourth-order valence-corrected chi connectivity index (χ4v) is 4.29. The summed E-state index contributed by atoms with van der Waals surface area (Å²) >= 11 is 0. The molecule has 1 heterocycles. The molecule has 0 spiro atoms. The smallest absolute Gasteiger partial charge is 0.0177 e. The number of piperidine rings is 1. The van der Waals surface area contributed by atoms with Gasteiger partial charge in [0.15, 0.2) is 0 Å². The summed E-state index contributed by atoms with van der Waals surface area (Å²) in [5, 5.41) is 0. The Balaban J connectivity index is 1.43. The Morgan fingerprint density at radius 2 is 1.39 bits per heavy atom. The van der Waals surface area contributed by atoms with Crippen molar-refractivity contribution in [3.05, 3.63) is 83.6 Å². The van der Waals surface area contributed by atoms with Gasteiger partial charge < -0.3 is 4.90 Å². The third kappa shape index (κ3) is 6.55. The lowest BCUT2D eigenvalue weighted by Gasteiger charge is -2.37. The first-order valence-electron chi connectivity index (χ1n) is 10.9. The van der Waals surface area contributed by atoms with Crippen molar-refractivity contribution in [3.63, 3.8) is 0 Å². The first kappa shape index (κ1) is 20.7. The molecule has 2 aromatic rings. The molecule has 2 aromatic carbocycles. The zero-order valence-electron chi connectivity index (χ0n) is 18.1. The first-order chi connectivity index (χ1) is 13.4. The Bertz CT molecular complexity index is 728. The molecular formula is C27H37N. The molecule has 0 atom stereocenters. The van der Waals surface area contributed by atoms with Crippen LogP contribution < -0.4 is 0 Å². The molecule has 0 N–H and O–H groups in total. The minimum Gasteiger partial charge on any atom is -0.375 e. The lowest BCUT2D eigenvalue weighted by atomic mass is 9.87. The van der Waals surface area contributed by atoms with Gasteiger partial charge in [-0.25, -0.2) is 0 Å². The second-order valence-corrected chi connectivity index (χ2v) is 9.74. The van der Waals surface area contributed by atoms with Crippen LogP contribution in [0.25, 0.3) is 0 Å². The van der Waals surface area contributed by atoms with Crippen LogP contribution in [0.4, 0.5) is 0 Å². The van der Waals surface area contributed by atoms with Gasteiger partial charge in [0.25, 0.3) is 0 Å². The molecule has 1 aliphatic heterocycles. The quantitative estimate of drug-likeness (QED) is 0.522. The minimum absolute atomic E-state index is 0.330. The maximum Gasteiger partial charge on any atom is 0.0177 e. The van der Waals surface area contributed by atoms with E-state index >= 15 is 0 Å². The van der Waals surface area contributed by atoms with Gasteiger partial charge >= 0.3 is 0 Å². The van der Waals surface area contributed by atoms with Gasteiger partial charge in [-0.15, -0.1) is 0 Å². The van der Waals surface area contributed by atoms with Gasteiger partial charge in [0.2, 0.25) is 0 Å². The SMILES string of the molecule is C=C(CC(C)(C)C)N1CCC(Cc2ccc(CCc3ccccc3)cc2)CC1. The zero-order chi connectivity index (χ0) is 20.0. The number of rotatable bonds is 7. The van der Waals surface area contributed by atoms with Crippen LogP contribution in [0.15, 0.2) is 66.9 Å². The number of allylic oxidation sites excluding steroid dienone is 1. The fourth-order valence-electron chi connectivity index (χ4n) is 4.29. The predicted octanol–water partition coefficient (Wildman–Crippen LogP) is 6.68. The summed E-state index contributed by atoms with van der Waals surface area (Å²) in [6, 6.07) is 20.1. The topological polar surface area (TPSA) is 3.24 Å². The van der Waals surface area contributed by atoms with E-state index in [2.05, 4.69) is 86.8 Å². The molecule has 0 bridgehead atoms. The normalized spacial score (nSPS) is 15.6. The van der Waals surface area contributed by atoms with Crippen molar-refractivity contribution in [2.45, 2.75) is 59.3 Å². The Kier molecular flexibility index (Phi) is 6.99. The van der Waals surface area contributed by atoms with Crippen LogP contribution in [0, 0.1) is 11.3 Å². The third-order valence-corrected chi connectivity index (χ3v) is 5.89. The molecule has 1 aliphatic rings. The van der Waals surface area contributed by atoms with Gasteiger partial charge in [-0.05, 0) is 66.5 Å². The highest BCUT2D eigenvalue weighted by atomic mass is 15.1. The second kappa shape index (κ2) is 9.45. The Labute approximate surface area is 172 Å². The standard InChI is InChI=1S/C27H37N/c1-22(21-27(2,3)4)28-18-16-26(17-19-28)20-25-14-12-24(13-15-25)11-10-23-8-6-5-7-9-23/h5-9,12-15,26H,1,10-11,16-21H2,2-4H3. The van der Waals surface area contributed by atoms with Crippen LogP contribution in [0.5, 0.6) is 0 Å². The Hall–Kier alpha value is -2.02. The summed E-state index contributed by atoms with van der Waals surface area (Å²) in [6.07, 6.45) is 7.15. The van der Waals surface area contributed by atoms with Gasteiger partial charge in [0, 0.05) is 18.8 Å². The van der Waals surface area contributed by atoms with Crippen molar-refractivity contribution >= 4 is 0 Å². The summed E-state index contributed by atoms with van der Waals surface area (Å²) in [5.41, 5.74) is 6.02. The van der Waals surface area contributed by atoms with E-state index in [1.165, 1.54) is 54.7 Å². The van der Waals surface area contributed by atoms with Crippen LogP contribution >= 0.6 is 0 Å². The summed E-state index contributed by atoms with van der Waals surface area (Å²) < 4.78 is 0. The summed E-state index contributed by atoms with van der Waals surface area (Å²) in [7, 11) is 0. The van der Waals surface area contributed by atoms with Crippen molar-refractivity contribution in [3.8, 4) is 0 Å². The summed E-state index contributed by atoms with van der Waals surface area (Å²) in [6.45, 7) is 13.6. The predicted molar refractivity (Wildman–Crippen MR) is 122 cm³/mol. The number of hydrogen-bond donors (Lipinski definition) is 0. The van der Waals surface area contributed by atoms with E-state index in [-0.39, 0.29) is 0 Å². The first-order valence-corrected chi connectivity index (χ1v) is 10.9. The van der Waals surface area contributed by atoms with Crippen molar-refractivity contribution in [2.75, 3.05) is 13.1 Å². The highest BCUT2D eigenvalue weighted by molar-refractivity contribution is 5.25. The summed E-state index contributed by atoms with van der Waals surface area (Å²) in [4.78, 5) is 2.52. The van der Waals surface area contributed by atoms with Gasteiger partial charge in [-0.2, -0.15) is 0 Å². The highest BCUT2D eigenvalue weighted by Gasteiger charge is 2.22. The number of benzene rings is 2. The maximum atomic E-state index is 4.35. The van der Waals surface area contributed by atoms with E-state index in [4.69, 9.17) is 0 Å². The molecule has 28 heavy (non-hydrogen) atoms. The van der Waals surface area contributed by atoms with E-state index in [1.54, 1.807) is 0 Å². The third-order valence-electron chi connectivity index (χ3n) is 5.89. The molecule has 0 unspecified atom stereocenters. The fraction of sp³-hybridized carbons (Fsp3) is 0.481. The largest absolute Gasteiger partial charge is 0.375 e. The molecular weight excluding hydrogens is 338 g/mol. The minimum atomic E-state index is 0.330. The average molecular weight is 376 g/mol. The number of likely N-dealkylation sites (tertiary alicyclic amines) is 1. The van der Waals surface area contributed by atoms with Crippen LogP contribution in [0.1, 0.15) is 56.7 Å². The number of aryl methyl sites for hydroxylation is 2. The average Bonchev–Trinajstić information content (AvgIpc) is 2.67. The molecule has 1 nitrogen and oxygen atoms in total. The lowest BCUT2D eigenvalue weighted by Crippen LogP contribution is -2.34. The number of hydrogen-bond acceptors (Lipinski definition) is 1. The van der Waals surface area contributed by atoms with Crippen molar-refractivity contribution in [1.29, 1.82) is 0 Å². The number of nitrogens with zero attached hydrogens (tertiary/aromatic N) is 1. The maximum absolute atomic E-state index is 4.35. The molecule has 0 amide bonds. The molecule has 150 valence electrons. The Morgan fingerprint density at radius 3 is 1.96 bits per heavy atom. The van der Waals surface area contributed by atoms with Crippen LogP contribution in [0.3, 0.4) is 0 Å². The van der Waals surface area contributed by atoms with Crippen molar-refractivity contribution < 1.29 is 0 Å². The van der Waals surface area contributed by atoms with E-state index in [0.29, 0.717) is 5.41 Å². The molecule has 0 aliphatic carbocycles. The molecule has 0 saturated carbocycles. The second-order valence-electron chi connectivity index (χ2n) is 9.74. The van der Waals surface area contributed by atoms with E-state index < -0.39 is 0 Å². The van der Waals surface area contributed by atoms with Gasteiger partial charge in [0.05, 0.1) is 0 Å². The molecule has 1 fully saturated rings.